The molecule has 0 amide bonds. The van der Waals surface area contributed by atoms with Crippen LogP contribution in [0, 0.1) is 0 Å². The fourth-order valence-electron chi connectivity index (χ4n) is 1.76. The smallest absolute Gasteiger partial charge is 0.469 e. The molecule has 0 radical (unpaired) electrons. The molecule has 0 spiro atoms. The molecule has 24 heavy (non-hydrogen) atoms. The van der Waals surface area contributed by atoms with Crippen molar-refractivity contribution in [1.82, 2.24) is 0 Å². The SMILES string of the molecule is Oc1ccc(OC(F)(F)C(F)(F)c2ccc(C(F)(F)F)cc2)cc1. The molecule has 0 atom stereocenters. The van der Waals surface area contributed by atoms with Gasteiger partial charge in [-0.1, -0.05) is 12.1 Å². The van der Waals surface area contributed by atoms with E-state index < -0.39 is 35.1 Å². The molecular formula is C15H9F7O2. The Morgan fingerprint density at radius 1 is 0.667 bits per heavy atom. The Hall–Kier alpha value is -2.45. The number of alkyl halides is 7. The fraction of sp³-hybridized carbons (Fsp3) is 0.200. The zero-order valence-corrected chi connectivity index (χ0v) is 11.6. The van der Waals surface area contributed by atoms with Crippen LogP contribution in [0.15, 0.2) is 48.5 Å². The molecule has 0 heterocycles. The minimum absolute atomic E-state index is 0.261. The van der Waals surface area contributed by atoms with Gasteiger partial charge in [0.2, 0.25) is 0 Å². The number of phenols is 1. The van der Waals surface area contributed by atoms with Gasteiger partial charge in [-0.05, 0) is 36.4 Å². The fourth-order valence-corrected chi connectivity index (χ4v) is 1.76. The highest BCUT2D eigenvalue weighted by molar-refractivity contribution is 5.32. The van der Waals surface area contributed by atoms with Gasteiger partial charge in [-0.3, -0.25) is 0 Å². The lowest BCUT2D eigenvalue weighted by Crippen LogP contribution is -2.43. The van der Waals surface area contributed by atoms with E-state index in [1.54, 1.807) is 0 Å². The molecule has 0 aliphatic heterocycles. The molecule has 1 N–H and O–H groups in total. The first-order valence-corrected chi connectivity index (χ1v) is 6.35. The van der Waals surface area contributed by atoms with Crippen molar-refractivity contribution in [2.75, 3.05) is 0 Å². The molecule has 130 valence electrons. The average Bonchev–Trinajstić information content (AvgIpc) is 2.48. The number of hydrogen-bond donors (Lipinski definition) is 1. The summed E-state index contributed by atoms with van der Waals surface area (Å²) in [6.07, 6.45) is -9.80. The second-order valence-corrected chi connectivity index (χ2v) is 4.76. The van der Waals surface area contributed by atoms with Gasteiger partial charge < -0.3 is 9.84 Å². The van der Waals surface area contributed by atoms with Gasteiger partial charge in [0.1, 0.15) is 11.5 Å². The van der Waals surface area contributed by atoms with Gasteiger partial charge in [0.25, 0.3) is 0 Å². The molecule has 2 aromatic rings. The van der Waals surface area contributed by atoms with Crippen molar-refractivity contribution in [2.45, 2.75) is 18.2 Å². The molecular weight excluding hydrogens is 345 g/mol. The maximum absolute atomic E-state index is 13.9. The highest BCUT2D eigenvalue weighted by atomic mass is 19.4. The van der Waals surface area contributed by atoms with E-state index in [9.17, 15) is 30.7 Å². The third-order valence-corrected chi connectivity index (χ3v) is 3.02. The van der Waals surface area contributed by atoms with Crippen LogP contribution in [-0.4, -0.2) is 11.2 Å². The lowest BCUT2D eigenvalue weighted by atomic mass is 10.0. The van der Waals surface area contributed by atoms with Crippen LogP contribution in [0.4, 0.5) is 30.7 Å². The molecule has 2 rings (SSSR count). The van der Waals surface area contributed by atoms with Crippen molar-refractivity contribution < 1.29 is 40.6 Å². The first-order chi connectivity index (χ1) is 10.9. The van der Waals surface area contributed by atoms with Crippen LogP contribution >= 0.6 is 0 Å². The van der Waals surface area contributed by atoms with E-state index in [2.05, 4.69) is 4.74 Å². The van der Waals surface area contributed by atoms with E-state index in [4.69, 9.17) is 5.11 Å². The summed E-state index contributed by atoms with van der Waals surface area (Å²) in [4.78, 5) is 0. The van der Waals surface area contributed by atoms with Crippen molar-refractivity contribution in [3.63, 3.8) is 0 Å². The number of hydrogen-bond acceptors (Lipinski definition) is 2. The summed E-state index contributed by atoms with van der Waals surface area (Å²) in [7, 11) is 0. The molecule has 0 aliphatic carbocycles. The summed E-state index contributed by atoms with van der Waals surface area (Å²) in [5.74, 6) is -5.82. The largest absolute Gasteiger partial charge is 0.508 e. The first-order valence-electron chi connectivity index (χ1n) is 6.35. The number of aromatic hydroxyl groups is 1. The maximum Gasteiger partial charge on any atom is 0.469 e. The Kier molecular flexibility index (Phi) is 4.38. The van der Waals surface area contributed by atoms with Gasteiger partial charge in [-0.2, -0.15) is 30.7 Å². The highest BCUT2D eigenvalue weighted by Gasteiger charge is 2.60. The molecule has 0 saturated heterocycles. The predicted octanol–water partition coefficient (Wildman–Crippen LogP) is 5.17. The molecule has 0 unspecified atom stereocenters. The van der Waals surface area contributed by atoms with Crippen molar-refractivity contribution in [3.8, 4) is 11.5 Å². The number of halogens is 7. The Morgan fingerprint density at radius 3 is 1.58 bits per heavy atom. The number of benzene rings is 2. The number of ether oxygens (including phenoxy) is 1. The third kappa shape index (κ3) is 3.55. The first kappa shape index (κ1) is 17.9. The minimum Gasteiger partial charge on any atom is -0.508 e. The Morgan fingerprint density at radius 2 is 1.12 bits per heavy atom. The van der Waals surface area contributed by atoms with E-state index in [0.717, 1.165) is 24.3 Å². The van der Waals surface area contributed by atoms with Crippen LogP contribution < -0.4 is 4.74 Å². The molecule has 0 saturated carbocycles. The van der Waals surface area contributed by atoms with Crippen LogP contribution in [0.1, 0.15) is 11.1 Å². The monoisotopic (exact) mass is 354 g/mol. The van der Waals surface area contributed by atoms with Crippen molar-refractivity contribution >= 4 is 0 Å². The highest BCUT2D eigenvalue weighted by Crippen LogP contribution is 2.44. The molecule has 2 nitrogen and oxygen atoms in total. The summed E-state index contributed by atoms with van der Waals surface area (Å²) in [5, 5.41) is 9.00. The molecule has 9 heteroatoms. The molecule has 0 aliphatic rings. The van der Waals surface area contributed by atoms with Gasteiger partial charge in [0, 0.05) is 5.56 Å². The van der Waals surface area contributed by atoms with Crippen LogP contribution in [0.3, 0.4) is 0 Å². The summed E-state index contributed by atoms with van der Waals surface area (Å²) in [6, 6.07) is 4.65. The average molecular weight is 354 g/mol. The van der Waals surface area contributed by atoms with Gasteiger partial charge >= 0.3 is 18.2 Å². The zero-order valence-electron chi connectivity index (χ0n) is 11.6. The minimum atomic E-state index is -5.02. The van der Waals surface area contributed by atoms with Crippen LogP contribution in [0.5, 0.6) is 11.5 Å². The molecule has 0 fully saturated rings. The molecule has 2 aromatic carbocycles. The molecule has 0 bridgehead atoms. The lowest BCUT2D eigenvalue weighted by molar-refractivity contribution is -0.316. The topological polar surface area (TPSA) is 29.5 Å². The maximum atomic E-state index is 13.9. The Bertz CT molecular complexity index is 691. The Labute approximate surface area is 131 Å². The summed E-state index contributed by atoms with van der Waals surface area (Å²) < 4.78 is 96.5. The molecule has 0 aromatic heterocycles. The zero-order chi connectivity index (χ0) is 18.2. The van der Waals surface area contributed by atoms with Crippen molar-refractivity contribution in [3.05, 3.63) is 59.7 Å². The predicted molar refractivity (Wildman–Crippen MR) is 69.0 cm³/mol. The number of rotatable bonds is 4. The van der Waals surface area contributed by atoms with E-state index in [1.165, 1.54) is 0 Å². The van der Waals surface area contributed by atoms with Crippen molar-refractivity contribution in [2.24, 2.45) is 0 Å². The van der Waals surface area contributed by atoms with E-state index in [0.29, 0.717) is 0 Å². The van der Waals surface area contributed by atoms with Gasteiger partial charge in [-0.15, -0.1) is 0 Å². The standard InChI is InChI=1S/C15H9F7O2/c16-13(17,9-1-3-10(4-2-9)14(18,19)20)15(21,22)24-12-7-5-11(23)6-8-12/h1-8,23H. The summed E-state index contributed by atoms with van der Waals surface area (Å²) >= 11 is 0. The van der Waals surface area contributed by atoms with Crippen LogP contribution in [-0.2, 0) is 12.1 Å². The normalized spacial score (nSPS) is 13.0. The van der Waals surface area contributed by atoms with Gasteiger partial charge in [0.15, 0.2) is 0 Å². The van der Waals surface area contributed by atoms with Crippen LogP contribution in [0.25, 0.3) is 0 Å². The summed E-state index contributed by atoms with van der Waals surface area (Å²) in [6.45, 7) is 0. The Balaban J connectivity index is 2.28. The van der Waals surface area contributed by atoms with Gasteiger partial charge in [0.05, 0.1) is 5.56 Å². The van der Waals surface area contributed by atoms with E-state index in [-0.39, 0.29) is 30.0 Å². The van der Waals surface area contributed by atoms with E-state index in [1.807, 2.05) is 0 Å². The second kappa shape index (κ2) is 5.88. The van der Waals surface area contributed by atoms with E-state index >= 15 is 0 Å². The number of phenolic OH excluding ortho intramolecular Hbond substituents is 1. The second-order valence-electron chi connectivity index (χ2n) is 4.76. The van der Waals surface area contributed by atoms with Gasteiger partial charge in [-0.25, -0.2) is 0 Å². The van der Waals surface area contributed by atoms with Crippen LogP contribution in [0.2, 0.25) is 0 Å². The quantitative estimate of drug-likeness (QED) is 0.767. The lowest BCUT2D eigenvalue weighted by Gasteiger charge is -2.27. The third-order valence-electron chi connectivity index (χ3n) is 3.02. The summed E-state index contributed by atoms with van der Waals surface area (Å²) in [5.41, 5.74) is -2.58. The van der Waals surface area contributed by atoms with Crippen molar-refractivity contribution in [1.29, 1.82) is 0 Å².